The molecule has 8 heteroatoms. The number of ether oxygens (including phenoxy) is 1. The predicted molar refractivity (Wildman–Crippen MR) is 191 cm³/mol. The molecule has 2 aromatic heterocycles. The van der Waals surface area contributed by atoms with Crippen LogP contribution in [0.25, 0.3) is 39.0 Å². The van der Waals surface area contributed by atoms with E-state index in [0.29, 0.717) is 5.75 Å². The summed E-state index contributed by atoms with van der Waals surface area (Å²) in [6.45, 7) is 0. The molecule has 0 unspecified atom stereocenters. The number of rotatable bonds is 8. The molecule has 8 rings (SSSR count). The van der Waals surface area contributed by atoms with Crippen molar-refractivity contribution < 1.29 is 24.1 Å². The summed E-state index contributed by atoms with van der Waals surface area (Å²) in [7, 11) is 2.11. The third kappa shape index (κ3) is 5.90. The number of benzene rings is 6. The fourth-order valence-corrected chi connectivity index (χ4v) is 7.09. The standard InChI is InChI=1S/C41H30N6O.Pt/c1-45-29-46(39-24-9-8-23-38(39)45)32-17-10-18-33(25-32)47(34-19-11-20-35(26-34)48-41-43-27-42-28-44-41)40-36(30-13-4-2-5-14-30)21-12-22-37(40)31-15-6-3-7-16-31;/h2-28H,1H3;. The van der Waals surface area contributed by atoms with Crippen molar-refractivity contribution >= 4 is 28.1 Å². The Morgan fingerprint density at radius 1 is 0.592 bits per heavy atom. The summed E-state index contributed by atoms with van der Waals surface area (Å²) in [4.78, 5) is 14.6. The molecule has 0 amide bonds. The molecule has 0 N–H and O–H groups in total. The van der Waals surface area contributed by atoms with Gasteiger partial charge in [-0.25, -0.2) is 4.98 Å². The molecule has 240 valence electrons. The van der Waals surface area contributed by atoms with Crippen molar-refractivity contribution in [1.82, 2.24) is 24.1 Å². The summed E-state index contributed by atoms with van der Waals surface area (Å²) in [5.74, 6) is 0.612. The van der Waals surface area contributed by atoms with Gasteiger partial charge in [0.1, 0.15) is 12.7 Å². The molecule has 0 aliphatic carbocycles. The monoisotopic (exact) mass is 817 g/mol. The Balaban J connectivity index is 1.40. The molecule has 0 bridgehead atoms. The summed E-state index contributed by atoms with van der Waals surface area (Å²) in [6, 6.07) is 53.1. The molecule has 0 fully saturated rings. The van der Waals surface area contributed by atoms with Crippen molar-refractivity contribution in [3.05, 3.63) is 168 Å². The van der Waals surface area contributed by atoms with Crippen molar-refractivity contribution in [2.45, 2.75) is 0 Å². The minimum absolute atomic E-state index is 0.234. The summed E-state index contributed by atoms with van der Waals surface area (Å²) in [6.07, 6.45) is 2.86. The van der Waals surface area contributed by atoms with Crippen molar-refractivity contribution in [3.8, 4) is 39.7 Å². The molecule has 2 heterocycles. The molecule has 0 spiro atoms. The summed E-state index contributed by atoms with van der Waals surface area (Å²) < 4.78 is 11.8. The second-order valence-electron chi connectivity index (χ2n) is 11.4. The Labute approximate surface area is 294 Å². The fourth-order valence-electron chi connectivity index (χ4n) is 6.25. The molecule has 0 aliphatic heterocycles. The summed E-state index contributed by atoms with van der Waals surface area (Å²) in [5.41, 5.74) is 10.8. The minimum atomic E-state index is 0.234. The second kappa shape index (κ2) is 13.3. The molecule has 49 heavy (non-hydrogen) atoms. The zero-order valence-corrected chi connectivity index (χ0v) is 28.8. The summed E-state index contributed by atoms with van der Waals surface area (Å²) in [5, 5.41) is 0. The molecular formula is C41H30N6OPt. The van der Waals surface area contributed by atoms with Crippen molar-refractivity contribution in [2.75, 3.05) is 4.90 Å². The number of fused-ring (bicyclic) bond motifs is 1. The number of hydrogen-bond acceptors (Lipinski definition) is 5. The van der Waals surface area contributed by atoms with Crippen LogP contribution in [0.5, 0.6) is 11.8 Å². The zero-order chi connectivity index (χ0) is 33.2. The van der Waals surface area contributed by atoms with E-state index < -0.39 is 0 Å². The van der Waals surface area contributed by atoms with Crippen LogP contribution in [0, 0.1) is 3.80 Å². The van der Waals surface area contributed by atoms with Gasteiger partial charge in [0.05, 0.1) is 0 Å². The first-order valence-electron chi connectivity index (χ1n) is 15.8. The third-order valence-corrected chi connectivity index (χ3v) is 9.71. The molecule has 7 nitrogen and oxygen atoms in total. The first kappa shape index (κ1) is 30.4. The molecule has 8 aromatic rings. The van der Waals surface area contributed by atoms with Gasteiger partial charge in [0.15, 0.2) is 0 Å². The fraction of sp³-hybridized carbons (Fsp3) is 0.0244. The van der Waals surface area contributed by atoms with Gasteiger partial charge >= 0.3 is 278 Å². The van der Waals surface area contributed by atoms with Gasteiger partial charge in [-0.15, -0.1) is 0 Å². The quantitative estimate of drug-likeness (QED) is 0.153. The zero-order valence-electron chi connectivity index (χ0n) is 26.5. The molecule has 0 radical (unpaired) electrons. The van der Waals surface area contributed by atoms with E-state index in [9.17, 15) is 0 Å². The van der Waals surface area contributed by atoms with E-state index in [2.05, 4.69) is 189 Å². The summed E-state index contributed by atoms with van der Waals surface area (Å²) >= 11 is 2.41. The Kier molecular flexibility index (Phi) is 8.26. The van der Waals surface area contributed by atoms with Gasteiger partial charge in [0, 0.05) is 0 Å². The van der Waals surface area contributed by atoms with Gasteiger partial charge in [-0.2, -0.15) is 0 Å². The molecule has 6 aromatic carbocycles. The van der Waals surface area contributed by atoms with Crippen LogP contribution in [-0.2, 0) is 26.4 Å². The van der Waals surface area contributed by atoms with Gasteiger partial charge < -0.3 is 0 Å². The molecule has 0 saturated carbocycles. The van der Waals surface area contributed by atoms with Gasteiger partial charge in [0.2, 0.25) is 0 Å². The van der Waals surface area contributed by atoms with E-state index in [1.54, 1.807) is 0 Å². The van der Waals surface area contributed by atoms with Gasteiger partial charge in [-0.05, 0) is 0 Å². The third-order valence-electron chi connectivity index (χ3n) is 8.44. The van der Waals surface area contributed by atoms with E-state index in [1.807, 2.05) is 18.2 Å². The number of nitrogens with zero attached hydrogens (tertiary/aromatic N) is 6. The topological polar surface area (TPSA) is 61.0 Å². The molecule has 0 aliphatic rings. The average molecular weight is 818 g/mol. The Morgan fingerprint density at radius 3 is 1.84 bits per heavy atom. The van der Waals surface area contributed by atoms with Crippen LogP contribution in [0.15, 0.2) is 164 Å². The van der Waals surface area contributed by atoms with Gasteiger partial charge in [0.25, 0.3) is 0 Å². The van der Waals surface area contributed by atoms with Crippen molar-refractivity contribution in [2.24, 2.45) is 7.05 Å². The molecule has 0 atom stereocenters. The van der Waals surface area contributed by atoms with Crippen LogP contribution in [-0.4, -0.2) is 24.1 Å². The van der Waals surface area contributed by atoms with Crippen molar-refractivity contribution in [3.63, 3.8) is 0 Å². The Hall–Kier alpha value is -5.91. The van der Waals surface area contributed by atoms with E-state index in [4.69, 9.17) is 4.74 Å². The van der Waals surface area contributed by atoms with Crippen LogP contribution < -0.4 is 9.64 Å². The number of anilines is 3. The molecular weight excluding hydrogens is 788 g/mol. The SMILES string of the molecule is Cn1[c](=[Pt])n(-c2cccc(N(c3cccc(Oc4ncncn4)c3)c3c(-c4ccccc4)cccc3-c3ccccc3)c2)c2ccccc21. The number of aromatic nitrogens is 5. The second-order valence-corrected chi connectivity index (χ2v) is 12.4. The first-order chi connectivity index (χ1) is 24.2. The number of hydrogen-bond donors (Lipinski definition) is 0. The van der Waals surface area contributed by atoms with E-state index in [-0.39, 0.29) is 6.01 Å². The van der Waals surface area contributed by atoms with Crippen LogP contribution in [0.3, 0.4) is 0 Å². The Morgan fingerprint density at radius 2 is 1.16 bits per heavy atom. The van der Waals surface area contributed by atoms with E-state index in [0.717, 1.165) is 54.3 Å². The van der Waals surface area contributed by atoms with Crippen LogP contribution in [0.2, 0.25) is 0 Å². The number of para-hydroxylation sites is 3. The van der Waals surface area contributed by atoms with E-state index >= 15 is 0 Å². The normalized spacial score (nSPS) is 11.1. The van der Waals surface area contributed by atoms with Gasteiger partial charge in [-0.1, -0.05) is 0 Å². The Bertz CT molecular complexity index is 2400. The number of aryl methyl sites for hydroxylation is 1. The maximum absolute atomic E-state index is 6.13. The van der Waals surface area contributed by atoms with Crippen LogP contribution in [0.1, 0.15) is 0 Å². The maximum atomic E-state index is 6.13. The average Bonchev–Trinajstić information content (AvgIpc) is 3.42. The van der Waals surface area contributed by atoms with Crippen LogP contribution >= 0.6 is 0 Å². The predicted octanol–water partition coefficient (Wildman–Crippen LogP) is 9.83. The van der Waals surface area contributed by atoms with Gasteiger partial charge in [-0.3, -0.25) is 0 Å². The number of imidazole rings is 1. The first-order valence-corrected chi connectivity index (χ1v) is 17.0. The van der Waals surface area contributed by atoms with Crippen LogP contribution in [0.4, 0.5) is 17.1 Å². The van der Waals surface area contributed by atoms with E-state index in [1.165, 1.54) is 18.2 Å². The van der Waals surface area contributed by atoms with Crippen molar-refractivity contribution in [1.29, 1.82) is 0 Å². The molecule has 0 saturated heterocycles.